The fraction of sp³-hybridized carbons (Fsp3) is 0.500. The molecule has 1 heterocycles. The highest BCUT2D eigenvalue weighted by atomic mass is 35.5. The molecule has 1 unspecified atom stereocenters. The summed E-state index contributed by atoms with van der Waals surface area (Å²) in [5, 5.41) is 6.25. The molecule has 3 N–H and O–H groups in total. The highest BCUT2D eigenvalue weighted by Crippen LogP contribution is 2.19. The van der Waals surface area contributed by atoms with E-state index in [-0.39, 0.29) is 6.04 Å². The highest BCUT2D eigenvalue weighted by molar-refractivity contribution is 7.14. The van der Waals surface area contributed by atoms with Gasteiger partial charge in [0.1, 0.15) is 5.15 Å². The molecule has 0 radical (unpaired) electrons. The van der Waals surface area contributed by atoms with Crippen molar-refractivity contribution >= 4 is 28.1 Å². The monoisotopic (exact) mass is 191 g/mol. The van der Waals surface area contributed by atoms with Gasteiger partial charge in [-0.05, 0) is 6.92 Å². The van der Waals surface area contributed by atoms with Gasteiger partial charge in [0.15, 0.2) is 5.13 Å². The molecule has 3 nitrogen and oxygen atoms in total. The standard InChI is InChI=1S/C6H10ClN3S/c1-4(2-8)9-6-10-5(7)3-11-6/h3-4H,2,8H2,1H3,(H,9,10). The van der Waals surface area contributed by atoms with Crippen LogP contribution >= 0.6 is 22.9 Å². The second-order valence-corrected chi connectivity index (χ2v) is 3.50. The van der Waals surface area contributed by atoms with Crippen molar-refractivity contribution in [3.8, 4) is 0 Å². The first-order valence-electron chi connectivity index (χ1n) is 3.30. The van der Waals surface area contributed by atoms with Crippen molar-refractivity contribution in [3.05, 3.63) is 10.5 Å². The van der Waals surface area contributed by atoms with Crippen molar-refractivity contribution in [2.24, 2.45) is 5.73 Å². The first-order valence-corrected chi connectivity index (χ1v) is 4.55. The second kappa shape index (κ2) is 3.90. The van der Waals surface area contributed by atoms with Crippen molar-refractivity contribution in [3.63, 3.8) is 0 Å². The molecule has 0 aliphatic heterocycles. The summed E-state index contributed by atoms with van der Waals surface area (Å²) in [6.45, 7) is 2.59. The van der Waals surface area contributed by atoms with Gasteiger partial charge in [-0.25, -0.2) is 4.98 Å². The Morgan fingerprint density at radius 3 is 3.09 bits per heavy atom. The molecule has 1 rings (SSSR count). The quantitative estimate of drug-likeness (QED) is 0.763. The lowest BCUT2D eigenvalue weighted by molar-refractivity contribution is 0.802. The summed E-state index contributed by atoms with van der Waals surface area (Å²) in [6.07, 6.45) is 0. The Bertz CT molecular complexity index is 225. The third kappa shape index (κ3) is 2.65. The van der Waals surface area contributed by atoms with E-state index in [0.717, 1.165) is 5.13 Å². The minimum Gasteiger partial charge on any atom is -0.358 e. The fourth-order valence-corrected chi connectivity index (χ4v) is 1.54. The Morgan fingerprint density at radius 1 is 1.91 bits per heavy atom. The molecule has 1 aromatic heterocycles. The van der Waals surface area contributed by atoms with E-state index in [1.54, 1.807) is 5.38 Å². The van der Waals surface area contributed by atoms with Crippen LogP contribution in [-0.2, 0) is 0 Å². The van der Waals surface area contributed by atoms with Crippen molar-refractivity contribution in [1.29, 1.82) is 0 Å². The molecule has 0 aliphatic rings. The number of nitrogens with two attached hydrogens (primary N) is 1. The van der Waals surface area contributed by atoms with Crippen LogP contribution < -0.4 is 11.1 Å². The molecule has 11 heavy (non-hydrogen) atoms. The summed E-state index contributed by atoms with van der Waals surface area (Å²) in [4.78, 5) is 4.02. The zero-order valence-corrected chi connectivity index (χ0v) is 7.75. The Balaban J connectivity index is 2.50. The first kappa shape index (κ1) is 8.77. The average molecular weight is 192 g/mol. The number of anilines is 1. The van der Waals surface area contributed by atoms with E-state index in [2.05, 4.69) is 10.3 Å². The zero-order valence-electron chi connectivity index (χ0n) is 6.17. The number of nitrogens with one attached hydrogen (secondary N) is 1. The maximum absolute atomic E-state index is 5.62. The molecule has 0 aliphatic carbocycles. The van der Waals surface area contributed by atoms with Crippen LogP contribution in [0.1, 0.15) is 6.92 Å². The lowest BCUT2D eigenvalue weighted by atomic mass is 10.4. The molecular weight excluding hydrogens is 182 g/mol. The summed E-state index contributed by atoms with van der Waals surface area (Å²) in [6, 6.07) is 0.247. The molecule has 0 fully saturated rings. The molecule has 1 aromatic rings. The maximum atomic E-state index is 5.62. The van der Waals surface area contributed by atoms with Crippen LogP contribution in [0, 0.1) is 0 Å². The SMILES string of the molecule is CC(CN)Nc1nc(Cl)cs1. The highest BCUT2D eigenvalue weighted by Gasteiger charge is 2.02. The van der Waals surface area contributed by atoms with Crippen LogP contribution in [0.4, 0.5) is 5.13 Å². The lowest BCUT2D eigenvalue weighted by Crippen LogP contribution is -2.24. The lowest BCUT2D eigenvalue weighted by Gasteiger charge is -2.08. The number of aromatic nitrogens is 1. The summed E-state index contributed by atoms with van der Waals surface area (Å²) >= 11 is 7.10. The molecule has 0 amide bonds. The average Bonchev–Trinajstić information content (AvgIpc) is 2.35. The molecule has 0 bridgehead atoms. The third-order valence-electron chi connectivity index (χ3n) is 1.20. The van der Waals surface area contributed by atoms with Crippen LogP contribution in [-0.4, -0.2) is 17.6 Å². The topological polar surface area (TPSA) is 50.9 Å². The van der Waals surface area contributed by atoms with Crippen molar-refractivity contribution < 1.29 is 0 Å². The van der Waals surface area contributed by atoms with Gasteiger partial charge in [0.05, 0.1) is 0 Å². The van der Waals surface area contributed by atoms with Gasteiger partial charge in [-0.3, -0.25) is 0 Å². The van der Waals surface area contributed by atoms with Gasteiger partial charge in [-0.15, -0.1) is 11.3 Å². The largest absolute Gasteiger partial charge is 0.358 e. The van der Waals surface area contributed by atoms with Crippen LogP contribution in [0.5, 0.6) is 0 Å². The van der Waals surface area contributed by atoms with E-state index in [9.17, 15) is 0 Å². The van der Waals surface area contributed by atoms with Crippen molar-refractivity contribution in [1.82, 2.24) is 4.98 Å². The number of nitrogens with zero attached hydrogens (tertiary/aromatic N) is 1. The minimum atomic E-state index is 0.247. The maximum Gasteiger partial charge on any atom is 0.184 e. The number of halogens is 1. The van der Waals surface area contributed by atoms with E-state index in [1.165, 1.54) is 11.3 Å². The van der Waals surface area contributed by atoms with Crippen molar-refractivity contribution in [2.75, 3.05) is 11.9 Å². The van der Waals surface area contributed by atoms with Gasteiger partial charge < -0.3 is 11.1 Å². The predicted molar refractivity (Wildman–Crippen MR) is 49.3 cm³/mol. The minimum absolute atomic E-state index is 0.247. The number of thiazole rings is 1. The van der Waals surface area contributed by atoms with Gasteiger partial charge in [-0.1, -0.05) is 11.6 Å². The Morgan fingerprint density at radius 2 is 2.64 bits per heavy atom. The smallest absolute Gasteiger partial charge is 0.184 e. The van der Waals surface area contributed by atoms with Gasteiger partial charge in [0.2, 0.25) is 0 Å². The van der Waals surface area contributed by atoms with E-state index in [4.69, 9.17) is 17.3 Å². The number of hydrogen-bond acceptors (Lipinski definition) is 4. The predicted octanol–water partition coefficient (Wildman–Crippen LogP) is 1.56. The van der Waals surface area contributed by atoms with E-state index in [1.807, 2.05) is 6.92 Å². The Kier molecular flexibility index (Phi) is 3.11. The number of hydrogen-bond donors (Lipinski definition) is 2. The molecular formula is C6H10ClN3S. The van der Waals surface area contributed by atoms with E-state index < -0.39 is 0 Å². The normalized spacial score (nSPS) is 13.0. The van der Waals surface area contributed by atoms with Gasteiger partial charge in [0, 0.05) is 18.0 Å². The Hall–Kier alpha value is -0.320. The molecule has 0 saturated heterocycles. The van der Waals surface area contributed by atoms with Gasteiger partial charge in [0.25, 0.3) is 0 Å². The van der Waals surface area contributed by atoms with Crippen LogP contribution in [0.15, 0.2) is 5.38 Å². The third-order valence-corrected chi connectivity index (χ3v) is 2.30. The molecule has 0 aromatic carbocycles. The van der Waals surface area contributed by atoms with Gasteiger partial charge >= 0.3 is 0 Å². The molecule has 0 saturated carbocycles. The van der Waals surface area contributed by atoms with E-state index >= 15 is 0 Å². The zero-order chi connectivity index (χ0) is 8.27. The summed E-state index contributed by atoms with van der Waals surface area (Å²) in [7, 11) is 0. The summed E-state index contributed by atoms with van der Waals surface area (Å²) in [5.74, 6) is 0. The molecule has 62 valence electrons. The fourth-order valence-electron chi connectivity index (χ4n) is 0.590. The summed E-state index contributed by atoms with van der Waals surface area (Å²) in [5.41, 5.74) is 5.41. The first-order chi connectivity index (χ1) is 5.22. The van der Waals surface area contributed by atoms with Crippen LogP contribution in [0.2, 0.25) is 5.15 Å². The summed E-state index contributed by atoms with van der Waals surface area (Å²) < 4.78 is 0. The second-order valence-electron chi connectivity index (χ2n) is 2.26. The number of rotatable bonds is 3. The van der Waals surface area contributed by atoms with Crippen LogP contribution in [0.3, 0.4) is 0 Å². The molecule has 0 spiro atoms. The molecule has 1 atom stereocenters. The van der Waals surface area contributed by atoms with E-state index in [0.29, 0.717) is 11.7 Å². The van der Waals surface area contributed by atoms with Gasteiger partial charge in [-0.2, -0.15) is 0 Å². The molecule has 5 heteroatoms. The van der Waals surface area contributed by atoms with Crippen molar-refractivity contribution in [2.45, 2.75) is 13.0 Å². The van der Waals surface area contributed by atoms with Crippen LogP contribution in [0.25, 0.3) is 0 Å². The Labute approximate surface area is 74.6 Å².